The second-order valence-corrected chi connectivity index (χ2v) is 12.0. The maximum absolute atomic E-state index is 13.3. The molecule has 10 atom stereocenters. The topological polar surface area (TPSA) is 158 Å². The first-order valence-corrected chi connectivity index (χ1v) is 13.6. The Morgan fingerprint density at radius 3 is 2.28 bits per heavy atom. The lowest BCUT2D eigenvalue weighted by Crippen LogP contribution is -2.71. The van der Waals surface area contributed by atoms with Gasteiger partial charge in [-0.25, -0.2) is 4.79 Å². The molecule has 39 heavy (non-hydrogen) atoms. The van der Waals surface area contributed by atoms with Crippen LogP contribution in [-0.4, -0.2) is 81.9 Å². The van der Waals surface area contributed by atoms with Crippen LogP contribution in [0.25, 0.3) is 0 Å². The van der Waals surface area contributed by atoms with Crippen molar-refractivity contribution in [2.45, 2.75) is 115 Å². The highest BCUT2D eigenvalue weighted by atomic mass is 16.7. The van der Waals surface area contributed by atoms with Crippen molar-refractivity contribution in [3.8, 4) is 0 Å². The Labute approximate surface area is 228 Å². The number of carbonyl (C=O) groups excluding carboxylic acids is 4. The minimum atomic E-state index is -1.97. The van der Waals surface area contributed by atoms with Gasteiger partial charge in [0.05, 0.1) is 24.2 Å². The summed E-state index contributed by atoms with van der Waals surface area (Å²) in [5.74, 6) is -5.11. The van der Waals surface area contributed by atoms with Gasteiger partial charge in [0.1, 0.15) is 12.2 Å². The van der Waals surface area contributed by atoms with E-state index in [0.29, 0.717) is 12.8 Å². The molecule has 4 rings (SSSR count). The van der Waals surface area contributed by atoms with Crippen molar-refractivity contribution >= 4 is 23.9 Å². The molecule has 218 valence electrons. The number of aliphatic hydroxyl groups excluding tert-OH is 1. The van der Waals surface area contributed by atoms with Crippen LogP contribution in [0.5, 0.6) is 0 Å². The van der Waals surface area contributed by atoms with Gasteiger partial charge < -0.3 is 33.9 Å². The molecule has 11 heteroatoms. The number of ether oxygens (including phenoxy) is 5. The molecular formula is C28H40O11. The third-order valence-electron chi connectivity index (χ3n) is 9.31. The van der Waals surface area contributed by atoms with E-state index in [9.17, 15) is 29.4 Å². The Morgan fingerprint density at radius 1 is 1.10 bits per heavy atom. The van der Waals surface area contributed by atoms with E-state index in [1.54, 1.807) is 13.0 Å². The van der Waals surface area contributed by atoms with Gasteiger partial charge in [-0.05, 0) is 46.1 Å². The van der Waals surface area contributed by atoms with Crippen molar-refractivity contribution in [3.63, 3.8) is 0 Å². The van der Waals surface area contributed by atoms with E-state index < -0.39 is 82.3 Å². The van der Waals surface area contributed by atoms with E-state index in [2.05, 4.69) is 0 Å². The highest BCUT2D eigenvalue weighted by molar-refractivity contribution is 5.89. The van der Waals surface area contributed by atoms with Gasteiger partial charge in [0, 0.05) is 31.6 Å². The fraction of sp³-hybridized carbons (Fsp3) is 0.786. The van der Waals surface area contributed by atoms with Crippen LogP contribution in [0.2, 0.25) is 0 Å². The molecular weight excluding hydrogens is 512 g/mol. The number of allylic oxidation sites excluding steroid dienone is 1. The van der Waals surface area contributed by atoms with Crippen molar-refractivity contribution in [1.29, 1.82) is 0 Å². The summed E-state index contributed by atoms with van der Waals surface area (Å²) in [6.07, 6.45) is -1.80. The van der Waals surface area contributed by atoms with Crippen LogP contribution in [0.1, 0.15) is 74.1 Å². The average Bonchev–Trinajstić information content (AvgIpc) is 3.42. The van der Waals surface area contributed by atoms with Crippen LogP contribution < -0.4 is 0 Å². The summed E-state index contributed by atoms with van der Waals surface area (Å²) in [5.41, 5.74) is -5.67. The monoisotopic (exact) mass is 552 g/mol. The summed E-state index contributed by atoms with van der Waals surface area (Å²) in [6, 6.07) is 0. The van der Waals surface area contributed by atoms with Gasteiger partial charge in [-0.2, -0.15) is 0 Å². The molecule has 2 heterocycles. The zero-order valence-electron chi connectivity index (χ0n) is 23.6. The van der Waals surface area contributed by atoms with Gasteiger partial charge in [0.15, 0.2) is 17.3 Å². The van der Waals surface area contributed by atoms with E-state index in [0.717, 1.165) is 5.57 Å². The Hall–Kier alpha value is -2.50. The van der Waals surface area contributed by atoms with Gasteiger partial charge >= 0.3 is 23.9 Å². The van der Waals surface area contributed by atoms with Crippen molar-refractivity contribution in [1.82, 2.24) is 0 Å². The summed E-state index contributed by atoms with van der Waals surface area (Å²) >= 11 is 0. The first-order valence-electron chi connectivity index (χ1n) is 13.6. The van der Waals surface area contributed by atoms with Gasteiger partial charge in [0.2, 0.25) is 0 Å². The number of epoxide rings is 1. The number of esters is 4. The van der Waals surface area contributed by atoms with E-state index >= 15 is 0 Å². The van der Waals surface area contributed by atoms with E-state index in [-0.39, 0.29) is 19.4 Å². The van der Waals surface area contributed by atoms with Gasteiger partial charge in [-0.15, -0.1) is 0 Å². The highest BCUT2D eigenvalue weighted by Gasteiger charge is 2.87. The molecule has 2 saturated heterocycles. The standard InChI is InChI=1S/C28H40O11/c1-8-11-35-23(32)17-13-19(37-16(4)30)25(5)18(36-15(3)29)10-9-14(2)12-20-28(22(31)21(25)26(17,6)34)27(7,39-28)24(33)38-20/h12,17-22,31,34H,8-11,13H2,1-7H3/b14-12-/t17?,18-,19+,20+,21-,22-,25+,26+,27-,28+/m1/s1. The van der Waals surface area contributed by atoms with Crippen molar-refractivity contribution in [2.75, 3.05) is 6.61 Å². The van der Waals surface area contributed by atoms with Crippen LogP contribution in [0.3, 0.4) is 0 Å². The predicted molar refractivity (Wildman–Crippen MR) is 134 cm³/mol. The Kier molecular flexibility index (Phi) is 7.45. The summed E-state index contributed by atoms with van der Waals surface area (Å²) in [7, 11) is 0. The van der Waals surface area contributed by atoms with E-state index in [1.165, 1.54) is 27.7 Å². The first-order chi connectivity index (χ1) is 18.1. The average molecular weight is 553 g/mol. The predicted octanol–water partition coefficient (Wildman–Crippen LogP) is 1.75. The van der Waals surface area contributed by atoms with Crippen molar-refractivity contribution in [3.05, 3.63) is 11.6 Å². The maximum atomic E-state index is 13.3. The first kappa shape index (κ1) is 29.5. The van der Waals surface area contributed by atoms with Gasteiger partial charge in [-0.1, -0.05) is 19.4 Å². The quantitative estimate of drug-likeness (QED) is 0.221. The maximum Gasteiger partial charge on any atom is 0.342 e. The number of rotatable bonds is 5. The molecule has 3 fully saturated rings. The second-order valence-electron chi connectivity index (χ2n) is 12.0. The summed E-state index contributed by atoms with van der Waals surface area (Å²) in [5, 5.41) is 24.5. The Balaban J connectivity index is 1.96. The minimum Gasteiger partial charge on any atom is -0.465 e. The van der Waals surface area contributed by atoms with Gasteiger partial charge in [-0.3, -0.25) is 14.4 Å². The molecule has 0 aromatic rings. The van der Waals surface area contributed by atoms with Crippen LogP contribution >= 0.6 is 0 Å². The third-order valence-corrected chi connectivity index (χ3v) is 9.31. The zero-order chi connectivity index (χ0) is 29.1. The van der Waals surface area contributed by atoms with Crippen LogP contribution in [-0.2, 0) is 42.9 Å². The zero-order valence-corrected chi connectivity index (χ0v) is 23.6. The van der Waals surface area contributed by atoms with Crippen LogP contribution in [0, 0.1) is 17.3 Å². The van der Waals surface area contributed by atoms with Crippen LogP contribution in [0.15, 0.2) is 11.6 Å². The lowest BCUT2D eigenvalue weighted by atomic mass is 9.49. The smallest absolute Gasteiger partial charge is 0.342 e. The van der Waals surface area contributed by atoms with Crippen molar-refractivity contribution < 1.29 is 53.1 Å². The van der Waals surface area contributed by atoms with Crippen molar-refractivity contribution in [2.24, 2.45) is 17.3 Å². The van der Waals surface area contributed by atoms with E-state index in [1.807, 2.05) is 13.8 Å². The molecule has 0 radical (unpaired) electrons. The third kappa shape index (κ3) is 4.37. The molecule has 0 aromatic heterocycles. The fourth-order valence-corrected chi connectivity index (χ4v) is 7.31. The highest BCUT2D eigenvalue weighted by Crippen LogP contribution is 2.66. The van der Waals surface area contributed by atoms with Gasteiger partial charge in [0.25, 0.3) is 0 Å². The lowest BCUT2D eigenvalue weighted by Gasteiger charge is -2.59. The number of aliphatic hydroxyl groups is 2. The Morgan fingerprint density at radius 2 is 1.72 bits per heavy atom. The SMILES string of the molecule is CCCOC(=O)C1C[C@H](OC(C)=O)[C@@]2(C)[C@@H]([C@@H](O)[C@]34O[C@]3(C)C(=O)O[C@H]4/C=C(/C)CC[C@H]2OC(C)=O)[C@@]1(C)O. The summed E-state index contributed by atoms with van der Waals surface area (Å²) < 4.78 is 28.7. The number of carbonyl (C=O) groups is 4. The number of hydrogen-bond donors (Lipinski definition) is 2. The lowest BCUT2D eigenvalue weighted by molar-refractivity contribution is -0.261. The van der Waals surface area contributed by atoms with Crippen LogP contribution in [0.4, 0.5) is 0 Å². The molecule has 4 aliphatic rings. The molecule has 0 bridgehead atoms. The summed E-state index contributed by atoms with van der Waals surface area (Å²) in [4.78, 5) is 50.9. The second kappa shape index (κ2) is 9.85. The molecule has 0 aromatic carbocycles. The number of hydrogen-bond acceptors (Lipinski definition) is 11. The Bertz CT molecular complexity index is 1080. The molecule has 1 saturated carbocycles. The molecule has 2 aliphatic heterocycles. The molecule has 2 N–H and O–H groups in total. The molecule has 2 aliphatic carbocycles. The minimum absolute atomic E-state index is 0.115. The summed E-state index contributed by atoms with van der Waals surface area (Å²) in [6.45, 7) is 10.9. The molecule has 0 amide bonds. The molecule has 11 nitrogen and oxygen atoms in total. The van der Waals surface area contributed by atoms with E-state index in [4.69, 9.17) is 23.7 Å². The largest absolute Gasteiger partial charge is 0.465 e. The molecule has 1 spiro atoms. The molecule has 1 unspecified atom stereocenters. The fourth-order valence-electron chi connectivity index (χ4n) is 7.31. The number of fused-ring (bicyclic) bond motifs is 1. The normalized spacial score (nSPS) is 46.3.